The van der Waals surface area contributed by atoms with Gasteiger partial charge in [-0.25, -0.2) is 4.98 Å². The number of hydrogen-bond acceptors (Lipinski definition) is 5. The van der Waals surface area contributed by atoms with Gasteiger partial charge in [0.2, 0.25) is 5.89 Å². The van der Waals surface area contributed by atoms with Crippen LogP contribution in [-0.4, -0.2) is 50.6 Å². The van der Waals surface area contributed by atoms with Crippen LogP contribution in [0.1, 0.15) is 22.9 Å². The van der Waals surface area contributed by atoms with Crippen LogP contribution in [0, 0.1) is 6.92 Å². The first-order chi connectivity index (χ1) is 15.0. The summed E-state index contributed by atoms with van der Waals surface area (Å²) in [7, 11) is 7.56. The van der Waals surface area contributed by atoms with Crippen LogP contribution >= 0.6 is 0 Å². The second-order valence-electron chi connectivity index (χ2n) is 7.54. The number of guanidine groups is 1. The molecule has 0 spiro atoms. The van der Waals surface area contributed by atoms with E-state index in [1.54, 1.807) is 20.4 Å². The molecule has 1 atom stereocenters. The first-order valence-electron chi connectivity index (χ1n) is 10.3. The molecule has 0 amide bonds. The normalized spacial score (nSPS) is 12.6. The number of methoxy groups -OCH3 is 1. The summed E-state index contributed by atoms with van der Waals surface area (Å²) >= 11 is 0. The molecule has 0 radical (unpaired) electrons. The van der Waals surface area contributed by atoms with Crippen molar-refractivity contribution in [3.63, 3.8) is 0 Å². The Labute approximate surface area is 184 Å². The van der Waals surface area contributed by atoms with Crippen LogP contribution in [0.2, 0.25) is 0 Å². The maximum absolute atomic E-state index is 5.64. The number of nitrogens with one attached hydrogen (secondary N) is 2. The topological polar surface area (TPSA) is 74.9 Å². The van der Waals surface area contributed by atoms with Crippen LogP contribution in [0.4, 0.5) is 0 Å². The van der Waals surface area contributed by atoms with Gasteiger partial charge in [-0.1, -0.05) is 35.9 Å². The van der Waals surface area contributed by atoms with Crippen LogP contribution < -0.4 is 15.4 Å². The molecule has 2 N–H and O–H groups in total. The number of ether oxygens (including phenoxy) is 1. The van der Waals surface area contributed by atoms with Crippen molar-refractivity contribution in [3.8, 4) is 17.2 Å². The van der Waals surface area contributed by atoms with Gasteiger partial charge in [-0.15, -0.1) is 0 Å². The van der Waals surface area contributed by atoms with Crippen molar-refractivity contribution in [2.75, 3.05) is 34.8 Å². The van der Waals surface area contributed by atoms with E-state index in [1.165, 1.54) is 5.56 Å². The Hall–Kier alpha value is -3.32. The zero-order valence-electron chi connectivity index (χ0n) is 18.8. The minimum atomic E-state index is 0.120. The molecule has 0 saturated carbocycles. The Morgan fingerprint density at radius 3 is 2.55 bits per heavy atom. The Morgan fingerprint density at radius 2 is 1.87 bits per heavy atom. The van der Waals surface area contributed by atoms with Crippen molar-refractivity contribution in [2.45, 2.75) is 19.5 Å². The van der Waals surface area contributed by atoms with Crippen molar-refractivity contribution in [1.29, 1.82) is 0 Å². The summed E-state index contributed by atoms with van der Waals surface area (Å²) in [4.78, 5) is 11.1. The largest absolute Gasteiger partial charge is 0.496 e. The van der Waals surface area contributed by atoms with Gasteiger partial charge in [-0.2, -0.15) is 0 Å². The fourth-order valence-corrected chi connectivity index (χ4v) is 3.32. The van der Waals surface area contributed by atoms with E-state index in [-0.39, 0.29) is 6.04 Å². The average molecular weight is 422 g/mol. The molecule has 7 heteroatoms. The summed E-state index contributed by atoms with van der Waals surface area (Å²) in [5.41, 5.74) is 4.10. The molecule has 0 aliphatic rings. The molecule has 0 aliphatic carbocycles. The highest BCUT2D eigenvalue weighted by Crippen LogP contribution is 2.27. The highest BCUT2D eigenvalue weighted by atomic mass is 16.5. The maximum Gasteiger partial charge on any atom is 0.226 e. The molecule has 2 aromatic carbocycles. The molecule has 0 saturated heterocycles. The summed E-state index contributed by atoms with van der Waals surface area (Å²) < 4.78 is 11.2. The predicted octanol–water partition coefficient (Wildman–Crippen LogP) is 3.63. The number of aromatic nitrogens is 1. The van der Waals surface area contributed by atoms with Crippen LogP contribution in [0.25, 0.3) is 11.5 Å². The summed E-state index contributed by atoms with van der Waals surface area (Å²) in [6, 6.07) is 16.3. The van der Waals surface area contributed by atoms with Crippen molar-refractivity contribution in [1.82, 2.24) is 20.5 Å². The van der Waals surface area contributed by atoms with Gasteiger partial charge in [-0.3, -0.25) is 4.99 Å². The van der Waals surface area contributed by atoms with E-state index in [0.29, 0.717) is 24.9 Å². The number of nitrogens with zero attached hydrogens (tertiary/aromatic N) is 3. The smallest absolute Gasteiger partial charge is 0.226 e. The Morgan fingerprint density at radius 1 is 1.13 bits per heavy atom. The van der Waals surface area contributed by atoms with Crippen molar-refractivity contribution in [2.24, 2.45) is 4.99 Å². The molecule has 0 aliphatic heterocycles. The van der Waals surface area contributed by atoms with E-state index in [1.807, 2.05) is 42.5 Å². The second-order valence-corrected chi connectivity index (χ2v) is 7.54. The third kappa shape index (κ3) is 5.86. The van der Waals surface area contributed by atoms with Gasteiger partial charge in [0.15, 0.2) is 5.96 Å². The first kappa shape index (κ1) is 22.4. The molecule has 164 valence electrons. The number of aliphatic imine (C=N–C) groups is 1. The fraction of sp³-hybridized carbons (Fsp3) is 0.333. The van der Waals surface area contributed by atoms with E-state index in [2.05, 4.69) is 52.6 Å². The lowest BCUT2D eigenvalue weighted by Gasteiger charge is -2.27. The first-order valence-corrected chi connectivity index (χ1v) is 10.3. The molecule has 7 nitrogen and oxygen atoms in total. The van der Waals surface area contributed by atoms with Gasteiger partial charge in [-0.05, 0) is 39.2 Å². The van der Waals surface area contributed by atoms with E-state index < -0.39 is 0 Å². The molecule has 3 aromatic rings. The number of likely N-dealkylation sites (N-methyl/N-ethyl adjacent to an activating group) is 1. The Balaban J connectivity index is 1.60. The minimum absolute atomic E-state index is 0.120. The molecule has 1 unspecified atom stereocenters. The van der Waals surface area contributed by atoms with Crippen LogP contribution in [0.3, 0.4) is 0 Å². The standard InChI is InChI=1S/C24H31N5O2/c1-17-10-12-18(13-11-17)23-28-19(16-31-23)14-26-24(25-2)27-15-21(29(3)4)20-8-6-7-9-22(20)30-5/h6-13,16,21H,14-15H2,1-5H3,(H2,25,26,27). The van der Waals surface area contributed by atoms with E-state index >= 15 is 0 Å². The average Bonchev–Trinajstić information content (AvgIpc) is 3.25. The van der Waals surface area contributed by atoms with Gasteiger partial charge in [0, 0.05) is 24.7 Å². The molecule has 31 heavy (non-hydrogen) atoms. The zero-order valence-corrected chi connectivity index (χ0v) is 18.8. The summed E-state index contributed by atoms with van der Waals surface area (Å²) in [6.07, 6.45) is 1.67. The Kier molecular flexibility index (Phi) is 7.67. The highest BCUT2D eigenvalue weighted by Gasteiger charge is 2.18. The summed E-state index contributed by atoms with van der Waals surface area (Å²) in [6.45, 7) is 3.23. The lowest BCUT2D eigenvalue weighted by Crippen LogP contribution is -2.41. The molecule has 0 bridgehead atoms. The zero-order chi connectivity index (χ0) is 22.2. The van der Waals surface area contributed by atoms with Crippen molar-refractivity contribution < 1.29 is 9.15 Å². The van der Waals surface area contributed by atoms with Crippen molar-refractivity contribution in [3.05, 3.63) is 71.6 Å². The number of aryl methyl sites for hydroxylation is 1. The van der Waals surface area contributed by atoms with E-state index in [0.717, 1.165) is 22.6 Å². The third-order valence-electron chi connectivity index (χ3n) is 5.09. The Bertz CT molecular complexity index is 995. The molecule has 0 fully saturated rings. The van der Waals surface area contributed by atoms with Gasteiger partial charge >= 0.3 is 0 Å². The number of hydrogen-bond donors (Lipinski definition) is 2. The summed E-state index contributed by atoms with van der Waals surface area (Å²) in [5.74, 6) is 2.18. The SMILES string of the molecule is CN=C(NCc1coc(-c2ccc(C)cc2)n1)NCC(c1ccccc1OC)N(C)C. The van der Waals surface area contributed by atoms with Gasteiger partial charge < -0.3 is 24.7 Å². The van der Waals surface area contributed by atoms with Gasteiger partial charge in [0.05, 0.1) is 25.4 Å². The second kappa shape index (κ2) is 10.6. The number of para-hydroxylation sites is 1. The number of oxazole rings is 1. The lowest BCUT2D eigenvalue weighted by molar-refractivity contribution is 0.287. The van der Waals surface area contributed by atoms with E-state index in [9.17, 15) is 0 Å². The number of benzene rings is 2. The van der Waals surface area contributed by atoms with Crippen molar-refractivity contribution >= 4 is 5.96 Å². The molecule has 3 rings (SSSR count). The highest BCUT2D eigenvalue weighted by molar-refractivity contribution is 5.79. The minimum Gasteiger partial charge on any atom is -0.496 e. The summed E-state index contributed by atoms with van der Waals surface area (Å²) in [5, 5.41) is 6.70. The molecule has 1 heterocycles. The molecule has 1 aromatic heterocycles. The molecular weight excluding hydrogens is 390 g/mol. The van der Waals surface area contributed by atoms with Crippen LogP contribution in [0.5, 0.6) is 5.75 Å². The fourth-order valence-electron chi connectivity index (χ4n) is 3.32. The third-order valence-corrected chi connectivity index (χ3v) is 5.09. The van der Waals surface area contributed by atoms with Crippen LogP contribution in [-0.2, 0) is 6.54 Å². The monoisotopic (exact) mass is 421 g/mol. The maximum atomic E-state index is 5.64. The van der Waals surface area contributed by atoms with Gasteiger partial charge in [0.25, 0.3) is 0 Å². The predicted molar refractivity (Wildman–Crippen MR) is 124 cm³/mol. The quantitative estimate of drug-likeness (QED) is 0.427. The van der Waals surface area contributed by atoms with Gasteiger partial charge in [0.1, 0.15) is 12.0 Å². The van der Waals surface area contributed by atoms with E-state index in [4.69, 9.17) is 9.15 Å². The lowest BCUT2D eigenvalue weighted by atomic mass is 10.0. The molecular formula is C24H31N5O2. The number of rotatable bonds is 8. The van der Waals surface area contributed by atoms with Crippen LogP contribution in [0.15, 0.2) is 64.2 Å².